The Bertz CT molecular complexity index is 970. The number of nitrogens with one attached hydrogen (secondary N) is 1. The fraction of sp³-hybridized carbons (Fsp3) is 0.217. The summed E-state index contributed by atoms with van der Waals surface area (Å²) in [5.41, 5.74) is 1.81. The van der Waals surface area contributed by atoms with E-state index in [1.807, 2.05) is 54.6 Å². The van der Waals surface area contributed by atoms with Gasteiger partial charge in [0.2, 0.25) is 11.8 Å². The highest BCUT2D eigenvalue weighted by Crippen LogP contribution is 2.28. The van der Waals surface area contributed by atoms with Crippen LogP contribution in [-0.2, 0) is 22.7 Å². The maximum Gasteiger partial charge on any atom is 0.239 e. The van der Waals surface area contributed by atoms with Crippen molar-refractivity contribution in [3.63, 3.8) is 0 Å². The normalized spacial score (nSPS) is 16.1. The van der Waals surface area contributed by atoms with Crippen LogP contribution in [0.2, 0.25) is 0 Å². The van der Waals surface area contributed by atoms with Crippen molar-refractivity contribution < 1.29 is 18.7 Å². The van der Waals surface area contributed by atoms with Crippen LogP contribution in [0.4, 0.5) is 5.69 Å². The zero-order valence-electron chi connectivity index (χ0n) is 15.9. The first-order chi connectivity index (χ1) is 14.2. The molecule has 148 valence electrons. The molecule has 1 saturated heterocycles. The summed E-state index contributed by atoms with van der Waals surface area (Å²) in [6, 6.07) is 20.9. The number of benzene rings is 2. The number of amides is 2. The zero-order valence-corrected chi connectivity index (χ0v) is 15.9. The lowest BCUT2D eigenvalue weighted by molar-refractivity contribution is -0.132. The Hall–Kier alpha value is -3.54. The highest BCUT2D eigenvalue weighted by Gasteiger charge is 2.37. The second-order valence-electron chi connectivity index (χ2n) is 6.90. The van der Waals surface area contributed by atoms with Crippen LogP contribution < -0.4 is 15.0 Å². The SMILES string of the molecule is O=C(NCc1ccco1)C1CCN(c2cccc(OCc3ccccc3)c2)C1=O. The van der Waals surface area contributed by atoms with E-state index in [1.165, 1.54) is 0 Å². The molecule has 1 fully saturated rings. The van der Waals surface area contributed by atoms with Crippen molar-refractivity contribution in [3.8, 4) is 5.75 Å². The van der Waals surface area contributed by atoms with E-state index in [1.54, 1.807) is 23.3 Å². The van der Waals surface area contributed by atoms with Gasteiger partial charge in [0.05, 0.1) is 12.8 Å². The quantitative estimate of drug-likeness (QED) is 0.627. The second kappa shape index (κ2) is 8.65. The van der Waals surface area contributed by atoms with Gasteiger partial charge >= 0.3 is 0 Å². The van der Waals surface area contributed by atoms with Crippen molar-refractivity contribution in [2.45, 2.75) is 19.6 Å². The molecule has 6 heteroatoms. The van der Waals surface area contributed by atoms with Gasteiger partial charge in [-0.3, -0.25) is 9.59 Å². The average molecular weight is 390 g/mol. The van der Waals surface area contributed by atoms with Gasteiger partial charge in [-0.2, -0.15) is 0 Å². The van der Waals surface area contributed by atoms with Crippen LogP contribution in [0, 0.1) is 5.92 Å². The lowest BCUT2D eigenvalue weighted by Crippen LogP contribution is -2.36. The number of nitrogens with zero attached hydrogens (tertiary/aromatic N) is 1. The van der Waals surface area contributed by atoms with Gasteiger partial charge in [0.1, 0.15) is 24.0 Å². The third-order valence-electron chi connectivity index (χ3n) is 4.92. The van der Waals surface area contributed by atoms with Gasteiger partial charge in [-0.1, -0.05) is 36.4 Å². The van der Waals surface area contributed by atoms with Crippen LogP contribution in [-0.4, -0.2) is 18.4 Å². The molecule has 2 amide bonds. The minimum atomic E-state index is -0.682. The van der Waals surface area contributed by atoms with E-state index in [9.17, 15) is 9.59 Å². The first-order valence-electron chi connectivity index (χ1n) is 9.59. The Morgan fingerprint density at radius 2 is 1.97 bits per heavy atom. The van der Waals surface area contributed by atoms with Gasteiger partial charge in [-0.05, 0) is 36.2 Å². The Labute approximate surface area is 169 Å². The van der Waals surface area contributed by atoms with Crippen LogP contribution in [0.5, 0.6) is 5.75 Å². The molecule has 2 heterocycles. The molecule has 0 bridgehead atoms. The summed E-state index contributed by atoms with van der Waals surface area (Å²) < 4.78 is 11.1. The van der Waals surface area contributed by atoms with E-state index in [0.29, 0.717) is 31.1 Å². The zero-order chi connectivity index (χ0) is 20.1. The molecule has 1 aromatic heterocycles. The van der Waals surface area contributed by atoms with E-state index in [2.05, 4.69) is 5.32 Å². The van der Waals surface area contributed by atoms with Crippen LogP contribution in [0.15, 0.2) is 77.4 Å². The predicted molar refractivity (Wildman–Crippen MR) is 108 cm³/mol. The van der Waals surface area contributed by atoms with Gasteiger partial charge in [0, 0.05) is 18.3 Å². The van der Waals surface area contributed by atoms with Crippen LogP contribution in [0.1, 0.15) is 17.7 Å². The fourth-order valence-corrected chi connectivity index (χ4v) is 3.37. The molecule has 29 heavy (non-hydrogen) atoms. The van der Waals surface area contributed by atoms with Crippen molar-refractivity contribution >= 4 is 17.5 Å². The molecule has 0 saturated carbocycles. The molecule has 1 aliphatic rings. The van der Waals surface area contributed by atoms with Gasteiger partial charge < -0.3 is 19.4 Å². The Kier molecular flexibility index (Phi) is 5.61. The molecule has 2 aromatic carbocycles. The van der Waals surface area contributed by atoms with Crippen LogP contribution in [0.25, 0.3) is 0 Å². The molecule has 4 rings (SSSR count). The second-order valence-corrected chi connectivity index (χ2v) is 6.90. The molecule has 0 radical (unpaired) electrons. The molecule has 1 N–H and O–H groups in total. The van der Waals surface area contributed by atoms with E-state index >= 15 is 0 Å². The Balaban J connectivity index is 1.37. The summed E-state index contributed by atoms with van der Waals surface area (Å²) in [6.45, 7) is 1.23. The summed E-state index contributed by atoms with van der Waals surface area (Å²) in [5.74, 6) is 0.195. The average Bonchev–Trinajstić information content (AvgIpc) is 3.41. The first-order valence-corrected chi connectivity index (χ1v) is 9.59. The topological polar surface area (TPSA) is 71.8 Å². The molecule has 0 spiro atoms. The summed E-state index contributed by atoms with van der Waals surface area (Å²) in [6.07, 6.45) is 2.04. The summed E-state index contributed by atoms with van der Waals surface area (Å²) in [5, 5.41) is 2.77. The van der Waals surface area contributed by atoms with Crippen molar-refractivity contribution in [1.82, 2.24) is 5.32 Å². The number of anilines is 1. The molecule has 3 aromatic rings. The molecule has 0 aliphatic carbocycles. The third kappa shape index (κ3) is 4.48. The van der Waals surface area contributed by atoms with Crippen molar-refractivity contribution in [3.05, 3.63) is 84.3 Å². The van der Waals surface area contributed by atoms with E-state index in [0.717, 1.165) is 11.3 Å². The van der Waals surface area contributed by atoms with Crippen molar-refractivity contribution in [2.75, 3.05) is 11.4 Å². The predicted octanol–water partition coefficient (Wildman–Crippen LogP) is 3.53. The van der Waals surface area contributed by atoms with Crippen LogP contribution >= 0.6 is 0 Å². The minimum absolute atomic E-state index is 0.192. The van der Waals surface area contributed by atoms with Gasteiger partial charge in [-0.15, -0.1) is 0 Å². The van der Waals surface area contributed by atoms with Crippen molar-refractivity contribution in [1.29, 1.82) is 0 Å². The van der Waals surface area contributed by atoms with Gasteiger partial charge in [0.15, 0.2) is 0 Å². The van der Waals surface area contributed by atoms with E-state index < -0.39 is 5.92 Å². The highest BCUT2D eigenvalue weighted by atomic mass is 16.5. The van der Waals surface area contributed by atoms with Crippen molar-refractivity contribution in [2.24, 2.45) is 5.92 Å². The van der Waals surface area contributed by atoms with Gasteiger partial charge in [0.25, 0.3) is 0 Å². The summed E-state index contributed by atoms with van der Waals surface area (Å²) >= 11 is 0. The number of carbonyl (C=O) groups excluding carboxylic acids is 2. The number of carbonyl (C=O) groups is 2. The standard InChI is InChI=1S/C23H22N2O4/c26-22(24-15-20-10-5-13-28-20)21-11-12-25(23(21)27)18-8-4-9-19(14-18)29-16-17-6-2-1-3-7-17/h1-10,13-14,21H,11-12,15-16H2,(H,24,26). The first kappa shape index (κ1) is 18.8. The van der Waals surface area contributed by atoms with E-state index in [-0.39, 0.29) is 18.4 Å². The lowest BCUT2D eigenvalue weighted by atomic mass is 10.1. The maximum absolute atomic E-state index is 12.8. The minimum Gasteiger partial charge on any atom is -0.489 e. The maximum atomic E-state index is 12.8. The molecular formula is C23H22N2O4. The molecular weight excluding hydrogens is 368 g/mol. The molecule has 6 nitrogen and oxygen atoms in total. The lowest BCUT2D eigenvalue weighted by Gasteiger charge is -2.18. The monoisotopic (exact) mass is 390 g/mol. The van der Waals surface area contributed by atoms with E-state index in [4.69, 9.17) is 9.15 Å². The number of furan rings is 1. The number of hydrogen-bond donors (Lipinski definition) is 1. The van der Waals surface area contributed by atoms with Gasteiger partial charge in [-0.25, -0.2) is 0 Å². The number of rotatable bonds is 7. The molecule has 1 aliphatic heterocycles. The number of hydrogen-bond acceptors (Lipinski definition) is 4. The molecule has 1 unspecified atom stereocenters. The smallest absolute Gasteiger partial charge is 0.239 e. The Morgan fingerprint density at radius 3 is 2.76 bits per heavy atom. The molecule has 1 atom stereocenters. The van der Waals surface area contributed by atoms with Crippen LogP contribution in [0.3, 0.4) is 0 Å². The number of ether oxygens (including phenoxy) is 1. The third-order valence-corrected chi connectivity index (χ3v) is 4.92. The summed E-state index contributed by atoms with van der Waals surface area (Å²) in [4.78, 5) is 26.9. The Morgan fingerprint density at radius 1 is 1.10 bits per heavy atom. The summed E-state index contributed by atoms with van der Waals surface area (Å²) in [7, 11) is 0. The highest BCUT2D eigenvalue weighted by molar-refractivity contribution is 6.09. The largest absolute Gasteiger partial charge is 0.489 e. The fourth-order valence-electron chi connectivity index (χ4n) is 3.37.